The standard InChI is InChI=1S/C13H10F4O/c1-2-3-4-5-12(18)9-6-7-11(14)10(8-9)13(15,16)17/h1,6-8H,3-5H2. The molecule has 1 aromatic carbocycles. The minimum absolute atomic E-state index is 0.0487. The first-order chi connectivity index (χ1) is 8.36. The predicted molar refractivity (Wildman–Crippen MR) is 58.4 cm³/mol. The Morgan fingerprint density at radius 2 is 2.00 bits per heavy atom. The minimum atomic E-state index is -4.81. The van der Waals surface area contributed by atoms with E-state index < -0.39 is 23.3 Å². The summed E-state index contributed by atoms with van der Waals surface area (Å²) in [5.41, 5.74) is -1.58. The van der Waals surface area contributed by atoms with E-state index in [1.54, 1.807) is 0 Å². The van der Waals surface area contributed by atoms with Gasteiger partial charge < -0.3 is 0 Å². The molecule has 0 fully saturated rings. The third-order valence-electron chi connectivity index (χ3n) is 2.32. The molecule has 0 bridgehead atoms. The van der Waals surface area contributed by atoms with Crippen LogP contribution in [0, 0.1) is 18.2 Å². The van der Waals surface area contributed by atoms with Crippen LogP contribution in [0.25, 0.3) is 0 Å². The third kappa shape index (κ3) is 3.59. The van der Waals surface area contributed by atoms with Crippen LogP contribution in [-0.4, -0.2) is 5.78 Å². The van der Waals surface area contributed by atoms with Crippen molar-refractivity contribution in [3.8, 4) is 12.3 Å². The van der Waals surface area contributed by atoms with Gasteiger partial charge in [0.1, 0.15) is 5.82 Å². The Hall–Kier alpha value is -1.83. The van der Waals surface area contributed by atoms with Crippen LogP contribution in [-0.2, 0) is 6.18 Å². The molecule has 0 aromatic heterocycles. The molecule has 0 N–H and O–H groups in total. The molecule has 0 atom stereocenters. The van der Waals surface area contributed by atoms with Crippen LogP contribution in [0.15, 0.2) is 18.2 Å². The van der Waals surface area contributed by atoms with E-state index in [-0.39, 0.29) is 12.0 Å². The van der Waals surface area contributed by atoms with Gasteiger partial charge in [0, 0.05) is 18.4 Å². The van der Waals surface area contributed by atoms with E-state index in [1.165, 1.54) is 0 Å². The van der Waals surface area contributed by atoms with E-state index in [4.69, 9.17) is 6.42 Å². The highest BCUT2D eigenvalue weighted by molar-refractivity contribution is 5.96. The van der Waals surface area contributed by atoms with Gasteiger partial charge in [0.25, 0.3) is 0 Å². The second-order valence-corrected chi connectivity index (χ2v) is 3.67. The minimum Gasteiger partial charge on any atom is -0.294 e. The number of unbranched alkanes of at least 4 members (excludes halogenated alkanes) is 1. The maximum Gasteiger partial charge on any atom is 0.419 e. The first-order valence-corrected chi connectivity index (χ1v) is 5.19. The van der Waals surface area contributed by atoms with Gasteiger partial charge in [0.2, 0.25) is 0 Å². The zero-order valence-electron chi connectivity index (χ0n) is 9.35. The van der Waals surface area contributed by atoms with Crippen LogP contribution < -0.4 is 0 Å². The van der Waals surface area contributed by atoms with Gasteiger partial charge in [0.05, 0.1) is 5.56 Å². The second-order valence-electron chi connectivity index (χ2n) is 3.67. The Kier molecular flexibility index (Phi) is 4.49. The average molecular weight is 258 g/mol. The van der Waals surface area contributed by atoms with E-state index >= 15 is 0 Å². The number of hydrogen-bond donors (Lipinski definition) is 0. The normalized spacial score (nSPS) is 11.1. The molecule has 0 unspecified atom stereocenters. The molecule has 0 amide bonds. The molecule has 1 rings (SSSR count). The van der Waals surface area contributed by atoms with Crippen LogP contribution in [0.1, 0.15) is 35.2 Å². The van der Waals surface area contributed by atoms with E-state index in [0.29, 0.717) is 25.0 Å². The van der Waals surface area contributed by atoms with Crippen LogP contribution >= 0.6 is 0 Å². The van der Waals surface area contributed by atoms with Gasteiger partial charge in [0.15, 0.2) is 5.78 Å². The van der Waals surface area contributed by atoms with E-state index in [0.717, 1.165) is 6.07 Å². The van der Waals surface area contributed by atoms with Crippen molar-refractivity contribution in [2.24, 2.45) is 0 Å². The Balaban J connectivity index is 2.92. The van der Waals surface area contributed by atoms with E-state index in [9.17, 15) is 22.4 Å². The van der Waals surface area contributed by atoms with Crippen LogP contribution in [0.2, 0.25) is 0 Å². The number of hydrogen-bond acceptors (Lipinski definition) is 1. The predicted octanol–water partition coefficient (Wildman–Crippen LogP) is 3.83. The quantitative estimate of drug-likeness (QED) is 0.347. The molecule has 0 saturated carbocycles. The number of benzene rings is 1. The monoisotopic (exact) mass is 258 g/mol. The summed E-state index contributed by atoms with van der Waals surface area (Å²) < 4.78 is 50.2. The number of carbonyl (C=O) groups excluding carboxylic acids is 1. The van der Waals surface area contributed by atoms with Crippen LogP contribution in [0.5, 0.6) is 0 Å². The zero-order valence-corrected chi connectivity index (χ0v) is 9.35. The maximum atomic E-state index is 13.0. The molecule has 1 aromatic rings. The Morgan fingerprint density at radius 1 is 1.33 bits per heavy atom. The van der Waals surface area contributed by atoms with E-state index in [1.807, 2.05) is 0 Å². The topological polar surface area (TPSA) is 17.1 Å². The lowest BCUT2D eigenvalue weighted by molar-refractivity contribution is -0.140. The highest BCUT2D eigenvalue weighted by atomic mass is 19.4. The number of rotatable bonds is 4. The molecule has 0 spiro atoms. The number of alkyl halides is 3. The van der Waals surface area contributed by atoms with Gasteiger partial charge in [-0.2, -0.15) is 13.2 Å². The first-order valence-electron chi connectivity index (χ1n) is 5.19. The second kappa shape index (κ2) is 5.67. The molecule has 5 heteroatoms. The molecule has 0 aliphatic rings. The first kappa shape index (κ1) is 14.2. The van der Waals surface area contributed by atoms with E-state index in [2.05, 4.69) is 5.92 Å². The molecule has 0 aliphatic carbocycles. The summed E-state index contributed by atoms with van der Waals surface area (Å²) in [5.74, 6) is 0.464. The summed E-state index contributed by atoms with van der Waals surface area (Å²) in [5, 5.41) is 0. The Bertz CT molecular complexity index is 483. The molecular formula is C13H10F4O. The van der Waals surface area contributed by atoms with Gasteiger partial charge in [-0.25, -0.2) is 4.39 Å². The lowest BCUT2D eigenvalue weighted by Crippen LogP contribution is -2.10. The lowest BCUT2D eigenvalue weighted by Gasteiger charge is -2.09. The molecular weight excluding hydrogens is 248 g/mol. The smallest absolute Gasteiger partial charge is 0.294 e. The van der Waals surface area contributed by atoms with Crippen molar-refractivity contribution < 1.29 is 22.4 Å². The summed E-state index contributed by atoms with van der Waals surface area (Å²) in [6.07, 6.45) is 1.01. The fourth-order valence-electron chi connectivity index (χ4n) is 1.41. The number of Topliss-reactive ketones (excluding diaryl/α,β-unsaturated/α-hetero) is 1. The van der Waals surface area contributed by atoms with Crippen molar-refractivity contribution in [1.82, 2.24) is 0 Å². The number of ketones is 1. The molecule has 0 saturated heterocycles. The van der Waals surface area contributed by atoms with Crippen molar-refractivity contribution in [3.05, 3.63) is 35.1 Å². The van der Waals surface area contributed by atoms with Crippen molar-refractivity contribution in [3.63, 3.8) is 0 Å². The summed E-state index contributed by atoms with van der Waals surface area (Å²) in [7, 11) is 0. The highest BCUT2D eigenvalue weighted by Gasteiger charge is 2.34. The molecule has 0 radical (unpaired) electrons. The van der Waals surface area contributed by atoms with Crippen molar-refractivity contribution in [2.75, 3.05) is 0 Å². The largest absolute Gasteiger partial charge is 0.419 e. The van der Waals surface area contributed by atoms with Gasteiger partial charge >= 0.3 is 6.18 Å². The summed E-state index contributed by atoms with van der Waals surface area (Å²) in [6, 6.07) is 2.23. The van der Waals surface area contributed by atoms with Gasteiger partial charge in [-0.3, -0.25) is 4.79 Å². The molecule has 18 heavy (non-hydrogen) atoms. The summed E-state index contributed by atoms with van der Waals surface area (Å²) in [4.78, 5) is 11.6. The number of halogens is 4. The van der Waals surface area contributed by atoms with Crippen molar-refractivity contribution in [1.29, 1.82) is 0 Å². The molecule has 0 heterocycles. The SMILES string of the molecule is C#CCCCC(=O)c1ccc(F)c(C(F)(F)F)c1. The van der Waals surface area contributed by atoms with Gasteiger partial charge in [-0.1, -0.05) is 0 Å². The summed E-state index contributed by atoms with van der Waals surface area (Å²) >= 11 is 0. The Morgan fingerprint density at radius 3 is 2.56 bits per heavy atom. The maximum absolute atomic E-state index is 13.0. The van der Waals surface area contributed by atoms with Crippen LogP contribution in [0.3, 0.4) is 0 Å². The fraction of sp³-hybridized carbons (Fsp3) is 0.308. The third-order valence-corrected chi connectivity index (χ3v) is 2.32. The average Bonchev–Trinajstić information content (AvgIpc) is 2.28. The number of terminal acetylenes is 1. The molecule has 1 nitrogen and oxygen atoms in total. The van der Waals surface area contributed by atoms with Crippen molar-refractivity contribution in [2.45, 2.75) is 25.4 Å². The zero-order chi connectivity index (χ0) is 13.8. The highest BCUT2D eigenvalue weighted by Crippen LogP contribution is 2.32. The summed E-state index contributed by atoms with van der Waals surface area (Å²) in [6.45, 7) is 0. The fourth-order valence-corrected chi connectivity index (χ4v) is 1.41. The Labute approximate surface area is 102 Å². The van der Waals surface area contributed by atoms with Crippen LogP contribution in [0.4, 0.5) is 17.6 Å². The van der Waals surface area contributed by atoms with Crippen molar-refractivity contribution >= 4 is 5.78 Å². The molecule has 0 aliphatic heterocycles. The number of carbonyl (C=O) groups is 1. The lowest BCUT2D eigenvalue weighted by atomic mass is 10.0. The molecule has 96 valence electrons. The van der Waals surface area contributed by atoms with Gasteiger partial charge in [-0.15, -0.1) is 12.3 Å². The van der Waals surface area contributed by atoms with Gasteiger partial charge in [-0.05, 0) is 24.6 Å².